The summed E-state index contributed by atoms with van der Waals surface area (Å²) in [5.41, 5.74) is 0. The van der Waals surface area contributed by atoms with Crippen LogP contribution >= 0.6 is 12.6 Å². The summed E-state index contributed by atoms with van der Waals surface area (Å²) in [5.74, 6) is 0. The van der Waals surface area contributed by atoms with E-state index in [1.54, 1.807) is 0 Å². The van der Waals surface area contributed by atoms with Crippen molar-refractivity contribution in [2.45, 2.75) is 25.0 Å². The number of nitrogens with zero attached hydrogens (tertiary/aromatic N) is 1. The van der Waals surface area contributed by atoms with Crippen molar-refractivity contribution in [1.82, 2.24) is 10.2 Å². The van der Waals surface area contributed by atoms with Crippen LogP contribution in [-0.2, 0) is 0 Å². The van der Waals surface area contributed by atoms with Gasteiger partial charge in [0, 0.05) is 24.9 Å². The van der Waals surface area contributed by atoms with E-state index in [4.69, 9.17) is 0 Å². The number of hydrogen-bond acceptors (Lipinski definition) is 2. The Morgan fingerprint density at radius 3 is 2.67 bits per heavy atom. The van der Waals surface area contributed by atoms with Gasteiger partial charge in [-0.15, -0.1) is 0 Å². The molecule has 1 rings (SSSR count). The van der Waals surface area contributed by atoms with Crippen LogP contribution in [0.25, 0.3) is 0 Å². The molecule has 1 aliphatic heterocycles. The number of thiol groups is 1. The van der Waals surface area contributed by atoms with Crippen LogP contribution in [0.5, 0.6) is 0 Å². The summed E-state index contributed by atoms with van der Waals surface area (Å²) in [4.78, 5) is 13.2. The SMILES string of the molecule is CCNC(=O)N1CCC(S)CC1. The molecule has 0 aromatic rings. The van der Waals surface area contributed by atoms with Crippen LogP contribution in [0, 0.1) is 0 Å². The molecule has 1 fully saturated rings. The van der Waals surface area contributed by atoms with E-state index in [1.807, 2.05) is 11.8 Å². The molecular formula is C8H16N2OS. The van der Waals surface area contributed by atoms with Gasteiger partial charge in [-0.25, -0.2) is 4.79 Å². The van der Waals surface area contributed by atoms with Crippen LogP contribution in [0.1, 0.15) is 19.8 Å². The van der Waals surface area contributed by atoms with Gasteiger partial charge in [0.1, 0.15) is 0 Å². The standard InChI is InChI=1S/C8H16N2OS/c1-2-9-8(11)10-5-3-7(12)4-6-10/h7,12H,2-6H2,1H3,(H,9,11). The van der Waals surface area contributed by atoms with Gasteiger partial charge in [0.05, 0.1) is 0 Å². The number of hydrogen-bond donors (Lipinski definition) is 2. The predicted octanol–water partition coefficient (Wildman–Crippen LogP) is 1.11. The van der Waals surface area contributed by atoms with E-state index < -0.39 is 0 Å². The van der Waals surface area contributed by atoms with E-state index >= 15 is 0 Å². The summed E-state index contributed by atoms with van der Waals surface area (Å²) in [6.07, 6.45) is 2.03. The van der Waals surface area contributed by atoms with Gasteiger partial charge >= 0.3 is 6.03 Å². The molecule has 0 bridgehead atoms. The first-order valence-corrected chi connectivity index (χ1v) is 4.96. The lowest BCUT2D eigenvalue weighted by Gasteiger charge is -2.29. The first kappa shape index (κ1) is 9.71. The smallest absolute Gasteiger partial charge is 0.317 e. The largest absolute Gasteiger partial charge is 0.338 e. The van der Waals surface area contributed by atoms with Gasteiger partial charge in [-0.1, -0.05) is 0 Å². The number of likely N-dealkylation sites (tertiary alicyclic amines) is 1. The summed E-state index contributed by atoms with van der Waals surface area (Å²) in [6, 6.07) is 0.0673. The van der Waals surface area contributed by atoms with Crippen LogP contribution in [0.4, 0.5) is 4.79 Å². The third kappa shape index (κ3) is 2.59. The van der Waals surface area contributed by atoms with Gasteiger partial charge in [0.25, 0.3) is 0 Å². The fourth-order valence-corrected chi connectivity index (χ4v) is 1.56. The second-order valence-electron chi connectivity index (χ2n) is 3.05. The highest BCUT2D eigenvalue weighted by molar-refractivity contribution is 7.80. The third-order valence-electron chi connectivity index (χ3n) is 2.08. The first-order valence-electron chi connectivity index (χ1n) is 4.45. The molecule has 1 N–H and O–H groups in total. The fourth-order valence-electron chi connectivity index (χ4n) is 1.33. The third-order valence-corrected chi connectivity index (χ3v) is 2.60. The molecule has 1 aliphatic rings. The first-order chi connectivity index (χ1) is 5.74. The Balaban J connectivity index is 2.29. The Morgan fingerprint density at radius 1 is 1.58 bits per heavy atom. The topological polar surface area (TPSA) is 32.3 Å². The van der Waals surface area contributed by atoms with Crippen LogP contribution < -0.4 is 5.32 Å². The van der Waals surface area contributed by atoms with Crippen LogP contribution in [0.15, 0.2) is 0 Å². The van der Waals surface area contributed by atoms with Gasteiger partial charge in [-0.3, -0.25) is 0 Å². The molecule has 0 spiro atoms. The molecule has 4 heteroatoms. The molecule has 0 aromatic heterocycles. The molecular weight excluding hydrogens is 172 g/mol. The zero-order valence-corrected chi connectivity index (χ0v) is 8.31. The molecule has 0 radical (unpaired) electrons. The Hall–Kier alpha value is -0.380. The number of rotatable bonds is 1. The highest BCUT2D eigenvalue weighted by Crippen LogP contribution is 2.14. The summed E-state index contributed by atoms with van der Waals surface area (Å²) in [5, 5.41) is 3.27. The highest BCUT2D eigenvalue weighted by atomic mass is 32.1. The molecule has 3 nitrogen and oxygen atoms in total. The van der Waals surface area contributed by atoms with Gasteiger partial charge < -0.3 is 10.2 Å². The van der Waals surface area contributed by atoms with Crippen molar-refractivity contribution in [2.75, 3.05) is 19.6 Å². The van der Waals surface area contributed by atoms with E-state index in [2.05, 4.69) is 17.9 Å². The molecule has 0 aromatic carbocycles. The maximum atomic E-state index is 11.3. The number of carbonyl (C=O) groups excluding carboxylic acids is 1. The molecule has 70 valence electrons. The van der Waals surface area contributed by atoms with Crippen molar-refractivity contribution in [1.29, 1.82) is 0 Å². The predicted molar refractivity (Wildman–Crippen MR) is 52.7 cm³/mol. The molecule has 0 atom stereocenters. The molecule has 12 heavy (non-hydrogen) atoms. The van der Waals surface area contributed by atoms with Crippen molar-refractivity contribution in [2.24, 2.45) is 0 Å². The second kappa shape index (κ2) is 4.60. The van der Waals surface area contributed by atoms with E-state index in [1.165, 1.54) is 0 Å². The summed E-state index contributed by atoms with van der Waals surface area (Å²) in [7, 11) is 0. The Bertz CT molecular complexity index is 155. The van der Waals surface area contributed by atoms with Crippen molar-refractivity contribution in [3.05, 3.63) is 0 Å². The van der Waals surface area contributed by atoms with E-state index in [-0.39, 0.29) is 6.03 Å². The summed E-state index contributed by atoms with van der Waals surface area (Å²) < 4.78 is 0. The Morgan fingerprint density at radius 2 is 2.17 bits per heavy atom. The van der Waals surface area contributed by atoms with Gasteiger partial charge in [0.15, 0.2) is 0 Å². The Labute approximate surface area is 78.9 Å². The molecule has 0 unspecified atom stereocenters. The number of urea groups is 1. The quantitative estimate of drug-likeness (QED) is 0.594. The zero-order valence-electron chi connectivity index (χ0n) is 7.42. The lowest BCUT2D eigenvalue weighted by atomic mass is 10.1. The van der Waals surface area contributed by atoms with E-state index in [0.717, 1.165) is 25.9 Å². The van der Waals surface area contributed by atoms with Crippen molar-refractivity contribution < 1.29 is 4.79 Å². The molecule has 0 saturated carbocycles. The summed E-state index contributed by atoms with van der Waals surface area (Å²) >= 11 is 4.36. The number of carbonyl (C=O) groups is 1. The average molecular weight is 188 g/mol. The Kier molecular flexibility index (Phi) is 3.72. The molecule has 1 saturated heterocycles. The second-order valence-corrected chi connectivity index (χ2v) is 3.78. The van der Waals surface area contributed by atoms with Crippen LogP contribution in [0.2, 0.25) is 0 Å². The monoisotopic (exact) mass is 188 g/mol. The average Bonchev–Trinajstić information content (AvgIpc) is 2.06. The molecule has 2 amide bonds. The number of amides is 2. The lowest BCUT2D eigenvalue weighted by molar-refractivity contribution is 0.188. The van der Waals surface area contributed by atoms with Gasteiger partial charge in [0.2, 0.25) is 0 Å². The molecule has 1 heterocycles. The van der Waals surface area contributed by atoms with E-state index in [9.17, 15) is 4.79 Å². The lowest BCUT2D eigenvalue weighted by Crippen LogP contribution is -2.44. The molecule has 0 aliphatic carbocycles. The maximum absolute atomic E-state index is 11.3. The maximum Gasteiger partial charge on any atom is 0.317 e. The fraction of sp³-hybridized carbons (Fsp3) is 0.875. The van der Waals surface area contributed by atoms with Crippen LogP contribution in [0.3, 0.4) is 0 Å². The van der Waals surface area contributed by atoms with Crippen molar-refractivity contribution in [3.8, 4) is 0 Å². The minimum absolute atomic E-state index is 0.0673. The highest BCUT2D eigenvalue weighted by Gasteiger charge is 2.19. The minimum atomic E-state index is 0.0673. The normalized spacial score (nSPS) is 19.3. The van der Waals surface area contributed by atoms with E-state index in [0.29, 0.717) is 11.8 Å². The number of piperidine rings is 1. The number of nitrogens with one attached hydrogen (secondary N) is 1. The van der Waals surface area contributed by atoms with Crippen LogP contribution in [-0.4, -0.2) is 35.8 Å². The van der Waals surface area contributed by atoms with Gasteiger partial charge in [-0.2, -0.15) is 12.6 Å². The minimum Gasteiger partial charge on any atom is -0.338 e. The van der Waals surface area contributed by atoms with Crippen molar-refractivity contribution in [3.63, 3.8) is 0 Å². The zero-order chi connectivity index (χ0) is 8.97. The summed E-state index contributed by atoms with van der Waals surface area (Å²) in [6.45, 7) is 4.34. The van der Waals surface area contributed by atoms with Gasteiger partial charge in [-0.05, 0) is 19.8 Å². The van der Waals surface area contributed by atoms with Crippen molar-refractivity contribution >= 4 is 18.7 Å².